The van der Waals surface area contributed by atoms with Gasteiger partial charge in [0.2, 0.25) is 5.91 Å². The van der Waals surface area contributed by atoms with E-state index in [1.54, 1.807) is 6.07 Å². The van der Waals surface area contributed by atoms with Crippen LogP contribution in [0.15, 0.2) is 24.3 Å². The van der Waals surface area contributed by atoms with Crippen molar-refractivity contribution >= 4 is 5.91 Å². The Hall–Kier alpha value is -1.35. The summed E-state index contributed by atoms with van der Waals surface area (Å²) >= 11 is 0. The molecule has 1 saturated carbocycles. The maximum Gasteiger partial charge on any atom is 0.249 e. The number of hydrogen-bond acceptors (Lipinski definition) is 2. The summed E-state index contributed by atoms with van der Waals surface area (Å²) in [5.74, 6) is -0.348. The van der Waals surface area contributed by atoms with Gasteiger partial charge in [0.15, 0.2) is 0 Å². The number of hydrogen-bond donors (Lipinski definition) is 2. The number of rotatable bonds is 4. The molecule has 92 valence electrons. The zero-order valence-electron chi connectivity index (χ0n) is 10.3. The molecule has 1 fully saturated rings. The monoisotopic (exact) mass is 232 g/mol. The summed E-state index contributed by atoms with van der Waals surface area (Å²) in [7, 11) is 0. The van der Waals surface area contributed by atoms with Gasteiger partial charge in [0.05, 0.1) is 0 Å². The molecule has 1 aromatic rings. The molecule has 0 unspecified atom stereocenters. The van der Waals surface area contributed by atoms with Crippen LogP contribution in [-0.2, 0) is 6.54 Å². The van der Waals surface area contributed by atoms with E-state index in [1.165, 1.54) is 25.7 Å². The van der Waals surface area contributed by atoms with E-state index < -0.39 is 0 Å². The number of carbonyl (C=O) groups excluding carboxylic acids is 1. The van der Waals surface area contributed by atoms with Gasteiger partial charge >= 0.3 is 0 Å². The second-order valence-corrected chi connectivity index (χ2v) is 5.14. The summed E-state index contributed by atoms with van der Waals surface area (Å²) in [4.78, 5) is 11.3. The van der Waals surface area contributed by atoms with Crippen molar-refractivity contribution < 1.29 is 4.79 Å². The number of primary amides is 1. The Balaban J connectivity index is 2.06. The molecule has 0 aromatic heterocycles. The second kappa shape index (κ2) is 4.88. The van der Waals surface area contributed by atoms with Crippen LogP contribution in [0.25, 0.3) is 0 Å². The molecule has 0 radical (unpaired) electrons. The molecule has 1 aromatic carbocycles. The third kappa shape index (κ3) is 2.86. The highest BCUT2D eigenvalue weighted by Crippen LogP contribution is 2.29. The topological polar surface area (TPSA) is 55.1 Å². The number of carbonyl (C=O) groups is 1. The molecule has 17 heavy (non-hydrogen) atoms. The van der Waals surface area contributed by atoms with Gasteiger partial charge in [-0.05, 0) is 31.4 Å². The van der Waals surface area contributed by atoms with Gasteiger partial charge in [0.25, 0.3) is 0 Å². The molecular weight excluding hydrogens is 212 g/mol. The summed E-state index contributed by atoms with van der Waals surface area (Å²) in [5.41, 5.74) is 7.21. The Morgan fingerprint density at radius 1 is 1.35 bits per heavy atom. The first-order chi connectivity index (χ1) is 8.11. The highest BCUT2D eigenvalue weighted by molar-refractivity contribution is 5.94. The molecule has 1 amide bonds. The Bertz CT molecular complexity index is 408. The highest BCUT2D eigenvalue weighted by Gasteiger charge is 2.27. The molecule has 0 aliphatic heterocycles. The van der Waals surface area contributed by atoms with Crippen LogP contribution in [0.4, 0.5) is 0 Å². The number of benzene rings is 1. The van der Waals surface area contributed by atoms with Crippen LogP contribution in [0.2, 0.25) is 0 Å². The van der Waals surface area contributed by atoms with Gasteiger partial charge in [0, 0.05) is 17.6 Å². The van der Waals surface area contributed by atoms with Gasteiger partial charge in [-0.1, -0.05) is 31.0 Å². The van der Waals surface area contributed by atoms with Crippen molar-refractivity contribution in [3.8, 4) is 0 Å². The van der Waals surface area contributed by atoms with E-state index >= 15 is 0 Å². The van der Waals surface area contributed by atoms with E-state index in [1.807, 2.05) is 18.2 Å². The fraction of sp³-hybridized carbons (Fsp3) is 0.500. The lowest BCUT2D eigenvalue weighted by molar-refractivity contribution is 0.0999. The predicted molar refractivity (Wildman–Crippen MR) is 68.7 cm³/mol. The van der Waals surface area contributed by atoms with E-state index in [9.17, 15) is 4.79 Å². The first-order valence-electron chi connectivity index (χ1n) is 6.23. The van der Waals surface area contributed by atoms with E-state index in [-0.39, 0.29) is 11.4 Å². The molecule has 0 saturated heterocycles. The predicted octanol–water partition coefficient (Wildman–Crippen LogP) is 2.21. The van der Waals surface area contributed by atoms with Crippen molar-refractivity contribution in [3.05, 3.63) is 35.4 Å². The molecule has 2 rings (SSSR count). The van der Waals surface area contributed by atoms with Crippen LogP contribution < -0.4 is 11.1 Å². The van der Waals surface area contributed by atoms with Crippen LogP contribution in [0, 0.1) is 0 Å². The largest absolute Gasteiger partial charge is 0.366 e. The first-order valence-corrected chi connectivity index (χ1v) is 6.23. The maximum absolute atomic E-state index is 11.3. The quantitative estimate of drug-likeness (QED) is 0.836. The normalized spacial score (nSPS) is 18.2. The Kier molecular flexibility index (Phi) is 3.48. The summed E-state index contributed by atoms with van der Waals surface area (Å²) in [6.45, 7) is 2.97. The van der Waals surface area contributed by atoms with E-state index in [0.29, 0.717) is 5.56 Å². The minimum absolute atomic E-state index is 0.227. The van der Waals surface area contributed by atoms with Crippen molar-refractivity contribution in [2.24, 2.45) is 5.73 Å². The Morgan fingerprint density at radius 2 is 2.00 bits per heavy atom. The van der Waals surface area contributed by atoms with Gasteiger partial charge in [-0.15, -0.1) is 0 Å². The van der Waals surface area contributed by atoms with Crippen molar-refractivity contribution in [1.29, 1.82) is 0 Å². The lowest BCUT2D eigenvalue weighted by Crippen LogP contribution is -2.39. The van der Waals surface area contributed by atoms with Gasteiger partial charge in [-0.25, -0.2) is 0 Å². The van der Waals surface area contributed by atoms with Gasteiger partial charge < -0.3 is 11.1 Å². The molecule has 3 N–H and O–H groups in total. The Morgan fingerprint density at radius 3 is 2.65 bits per heavy atom. The van der Waals surface area contributed by atoms with Gasteiger partial charge in [0.1, 0.15) is 0 Å². The highest BCUT2D eigenvalue weighted by atomic mass is 16.1. The smallest absolute Gasteiger partial charge is 0.249 e. The molecule has 3 heteroatoms. The van der Waals surface area contributed by atoms with Crippen LogP contribution >= 0.6 is 0 Å². The van der Waals surface area contributed by atoms with Crippen molar-refractivity contribution in [1.82, 2.24) is 5.32 Å². The van der Waals surface area contributed by atoms with Crippen LogP contribution in [0.1, 0.15) is 48.5 Å². The minimum Gasteiger partial charge on any atom is -0.366 e. The summed E-state index contributed by atoms with van der Waals surface area (Å²) in [6.07, 6.45) is 5.01. The number of nitrogens with one attached hydrogen (secondary N) is 1. The second-order valence-electron chi connectivity index (χ2n) is 5.14. The standard InChI is InChI=1S/C14H20N2O/c1-14(8-4-5-9-14)16-10-11-6-2-3-7-12(11)13(15)17/h2-3,6-7,16H,4-5,8-10H2,1H3,(H2,15,17). The number of amides is 1. The van der Waals surface area contributed by atoms with Gasteiger partial charge in [-0.3, -0.25) is 4.79 Å². The third-order valence-electron chi connectivity index (χ3n) is 3.70. The van der Waals surface area contributed by atoms with Crippen LogP contribution in [0.5, 0.6) is 0 Å². The molecular formula is C14H20N2O. The van der Waals surface area contributed by atoms with Crippen LogP contribution in [0.3, 0.4) is 0 Å². The average Bonchev–Trinajstić information content (AvgIpc) is 2.74. The third-order valence-corrected chi connectivity index (χ3v) is 3.70. The summed E-state index contributed by atoms with van der Waals surface area (Å²) in [6, 6.07) is 7.54. The first kappa shape index (κ1) is 12.1. The summed E-state index contributed by atoms with van der Waals surface area (Å²) in [5, 5.41) is 3.56. The fourth-order valence-electron chi connectivity index (χ4n) is 2.56. The number of nitrogens with two attached hydrogens (primary N) is 1. The van der Waals surface area contributed by atoms with Gasteiger partial charge in [-0.2, -0.15) is 0 Å². The van der Waals surface area contributed by atoms with Crippen LogP contribution in [-0.4, -0.2) is 11.4 Å². The summed E-state index contributed by atoms with van der Waals surface area (Å²) < 4.78 is 0. The zero-order valence-corrected chi connectivity index (χ0v) is 10.3. The van der Waals surface area contributed by atoms with E-state index in [4.69, 9.17) is 5.73 Å². The maximum atomic E-state index is 11.3. The van der Waals surface area contributed by atoms with Crippen molar-refractivity contribution in [3.63, 3.8) is 0 Å². The lowest BCUT2D eigenvalue weighted by atomic mass is 9.99. The zero-order chi connectivity index (χ0) is 12.3. The Labute approximate surface area is 102 Å². The lowest BCUT2D eigenvalue weighted by Gasteiger charge is -2.25. The minimum atomic E-state index is -0.348. The molecule has 0 bridgehead atoms. The van der Waals surface area contributed by atoms with E-state index in [2.05, 4.69) is 12.2 Å². The molecule has 1 aliphatic rings. The SMILES string of the molecule is CC1(NCc2ccccc2C(N)=O)CCCC1. The molecule has 1 aliphatic carbocycles. The molecule has 3 nitrogen and oxygen atoms in total. The average molecular weight is 232 g/mol. The van der Waals surface area contributed by atoms with Crippen molar-refractivity contribution in [2.45, 2.75) is 44.7 Å². The fourth-order valence-corrected chi connectivity index (χ4v) is 2.56. The van der Waals surface area contributed by atoms with Crippen molar-refractivity contribution in [2.75, 3.05) is 0 Å². The molecule has 0 atom stereocenters. The van der Waals surface area contributed by atoms with E-state index in [0.717, 1.165) is 12.1 Å². The molecule has 0 heterocycles. The molecule has 0 spiro atoms.